The van der Waals surface area contributed by atoms with Gasteiger partial charge in [-0.3, -0.25) is 4.90 Å². The predicted molar refractivity (Wildman–Crippen MR) is 80.7 cm³/mol. The zero-order valence-corrected chi connectivity index (χ0v) is 13.0. The van der Waals surface area contributed by atoms with Crippen LogP contribution in [0.1, 0.15) is 47.5 Å². The maximum atomic E-state index is 2.52. The Bertz CT molecular complexity index is 482. The summed E-state index contributed by atoms with van der Waals surface area (Å²) in [5, 5.41) is 0. The number of nitrogens with zero attached hydrogens (tertiary/aromatic N) is 3. The van der Waals surface area contributed by atoms with E-state index in [-0.39, 0.29) is 5.79 Å². The van der Waals surface area contributed by atoms with E-state index in [4.69, 9.17) is 0 Å². The van der Waals surface area contributed by atoms with Gasteiger partial charge in [-0.05, 0) is 20.3 Å². The van der Waals surface area contributed by atoms with Crippen molar-refractivity contribution in [2.45, 2.75) is 53.2 Å². The van der Waals surface area contributed by atoms with E-state index in [0.717, 1.165) is 25.9 Å². The second-order valence-electron chi connectivity index (χ2n) is 5.19. The van der Waals surface area contributed by atoms with Gasteiger partial charge in [0.05, 0.1) is 13.0 Å². The summed E-state index contributed by atoms with van der Waals surface area (Å²) in [4.78, 5) is 2.52. The van der Waals surface area contributed by atoms with Gasteiger partial charge in [0.25, 0.3) is 0 Å². The molecule has 2 aliphatic heterocycles. The molecule has 0 aromatic rings. The van der Waals surface area contributed by atoms with Crippen LogP contribution in [0, 0.1) is 0 Å². The highest BCUT2D eigenvalue weighted by atomic mass is 15.5. The van der Waals surface area contributed by atoms with Crippen LogP contribution in [0.25, 0.3) is 0 Å². The lowest BCUT2D eigenvalue weighted by Gasteiger charge is -2.38. The molecule has 0 aliphatic carbocycles. The van der Waals surface area contributed by atoms with Crippen molar-refractivity contribution in [2.75, 3.05) is 13.1 Å². The van der Waals surface area contributed by atoms with E-state index in [2.05, 4.69) is 73.2 Å². The first-order valence-corrected chi connectivity index (χ1v) is 7.55. The summed E-state index contributed by atoms with van der Waals surface area (Å²) >= 11 is 0. The van der Waals surface area contributed by atoms with Crippen molar-refractivity contribution in [3.8, 4) is 0 Å². The van der Waals surface area contributed by atoms with Gasteiger partial charge in [-0.25, -0.2) is 0 Å². The van der Waals surface area contributed by atoms with Gasteiger partial charge >= 0.3 is 5.79 Å². The van der Waals surface area contributed by atoms with Crippen molar-refractivity contribution in [3.05, 3.63) is 24.0 Å². The molecule has 0 fully saturated rings. The standard InChI is InChI=1S/C16H27N3/c1-6-14-10-12-17-13-11-15(7-2)19(9-4)16(17,5)18(14)8-3/h10-13H,6-9H2,1-5H3/q+2. The van der Waals surface area contributed by atoms with Crippen LogP contribution < -0.4 is 0 Å². The average molecular weight is 261 g/mol. The second kappa shape index (κ2) is 5.32. The smallest absolute Gasteiger partial charge is 0.258 e. The first-order valence-electron chi connectivity index (χ1n) is 7.55. The minimum Gasteiger partial charge on any atom is -0.258 e. The van der Waals surface area contributed by atoms with Gasteiger partial charge in [0.15, 0.2) is 18.1 Å². The first-order chi connectivity index (χ1) is 9.13. The molecule has 0 radical (unpaired) electrons. The first kappa shape index (κ1) is 14.0. The van der Waals surface area contributed by atoms with Gasteiger partial charge in [-0.15, -0.1) is 4.58 Å². The van der Waals surface area contributed by atoms with Crippen molar-refractivity contribution in [3.63, 3.8) is 0 Å². The molecule has 2 rings (SSSR count). The monoisotopic (exact) mass is 261 g/mol. The fraction of sp³-hybridized carbons (Fsp3) is 0.625. The SMILES string of the molecule is CCC1=CC=[N+]2C=CC(CC)=[N+](CC)C2(C)N1CC. The second-order valence-corrected chi connectivity index (χ2v) is 5.19. The van der Waals surface area contributed by atoms with Gasteiger partial charge in [0.1, 0.15) is 6.54 Å². The Balaban J connectivity index is 2.60. The fourth-order valence-corrected chi connectivity index (χ4v) is 3.44. The molecular formula is C16H27N3+2. The Morgan fingerprint density at radius 3 is 2.42 bits per heavy atom. The van der Waals surface area contributed by atoms with Crippen LogP contribution in [0.4, 0.5) is 0 Å². The number of hydrogen-bond donors (Lipinski definition) is 0. The summed E-state index contributed by atoms with van der Waals surface area (Å²) in [6.45, 7) is 13.4. The minimum atomic E-state index is -0.0936. The summed E-state index contributed by atoms with van der Waals surface area (Å²) in [6.07, 6.45) is 11.1. The van der Waals surface area contributed by atoms with Gasteiger partial charge < -0.3 is 0 Å². The van der Waals surface area contributed by atoms with Crippen LogP contribution in [0.15, 0.2) is 24.0 Å². The van der Waals surface area contributed by atoms with Crippen molar-refractivity contribution < 1.29 is 9.15 Å². The summed E-state index contributed by atoms with van der Waals surface area (Å²) in [5.41, 5.74) is 2.84. The third-order valence-corrected chi connectivity index (χ3v) is 4.42. The molecule has 0 spiro atoms. The molecule has 3 nitrogen and oxygen atoms in total. The van der Waals surface area contributed by atoms with E-state index in [1.165, 1.54) is 11.4 Å². The van der Waals surface area contributed by atoms with Gasteiger partial charge in [0, 0.05) is 24.7 Å². The Morgan fingerprint density at radius 1 is 1.16 bits per heavy atom. The normalized spacial score (nSPS) is 26.3. The van der Waals surface area contributed by atoms with Crippen LogP contribution in [-0.4, -0.2) is 44.9 Å². The number of fused-ring (bicyclic) bond motifs is 1. The van der Waals surface area contributed by atoms with E-state index in [9.17, 15) is 0 Å². The Morgan fingerprint density at radius 2 is 1.89 bits per heavy atom. The molecule has 0 saturated heterocycles. The third kappa shape index (κ3) is 1.96. The molecule has 0 N–H and O–H groups in total. The number of allylic oxidation sites excluding steroid dienone is 3. The molecule has 19 heavy (non-hydrogen) atoms. The molecule has 0 amide bonds. The van der Waals surface area contributed by atoms with Crippen LogP contribution in [0.3, 0.4) is 0 Å². The predicted octanol–water partition coefficient (Wildman–Crippen LogP) is 2.78. The zero-order valence-electron chi connectivity index (χ0n) is 13.0. The lowest BCUT2D eigenvalue weighted by molar-refractivity contribution is -0.828. The van der Waals surface area contributed by atoms with Gasteiger partial charge in [-0.1, -0.05) is 13.8 Å². The molecule has 0 aromatic carbocycles. The molecule has 2 aliphatic rings. The van der Waals surface area contributed by atoms with E-state index < -0.39 is 0 Å². The Labute approximate surface area is 117 Å². The molecule has 1 unspecified atom stereocenters. The molecule has 0 saturated carbocycles. The van der Waals surface area contributed by atoms with Gasteiger partial charge in [-0.2, -0.15) is 4.58 Å². The van der Waals surface area contributed by atoms with Crippen molar-refractivity contribution in [2.24, 2.45) is 0 Å². The van der Waals surface area contributed by atoms with Crippen molar-refractivity contribution >= 4 is 11.9 Å². The summed E-state index contributed by atoms with van der Waals surface area (Å²) in [6, 6.07) is 0. The largest absolute Gasteiger partial charge is 0.440 e. The number of rotatable bonds is 4. The van der Waals surface area contributed by atoms with Crippen molar-refractivity contribution in [1.29, 1.82) is 0 Å². The van der Waals surface area contributed by atoms with Crippen LogP contribution in [-0.2, 0) is 0 Å². The topological polar surface area (TPSA) is 9.26 Å². The molecule has 0 bridgehead atoms. The molecule has 3 heteroatoms. The Hall–Kier alpha value is -1.38. The Kier molecular flexibility index (Phi) is 3.93. The maximum absolute atomic E-state index is 2.52. The maximum Gasteiger partial charge on any atom is 0.440 e. The third-order valence-electron chi connectivity index (χ3n) is 4.42. The highest BCUT2D eigenvalue weighted by molar-refractivity contribution is 5.90. The summed E-state index contributed by atoms with van der Waals surface area (Å²) in [5.74, 6) is -0.0936. The number of hydrogen-bond acceptors (Lipinski definition) is 1. The fourth-order valence-electron chi connectivity index (χ4n) is 3.44. The van der Waals surface area contributed by atoms with E-state index in [1.807, 2.05) is 0 Å². The van der Waals surface area contributed by atoms with Crippen LogP contribution in [0.2, 0.25) is 0 Å². The summed E-state index contributed by atoms with van der Waals surface area (Å²) < 4.78 is 4.86. The lowest BCUT2D eigenvalue weighted by atomic mass is 10.1. The van der Waals surface area contributed by atoms with E-state index >= 15 is 0 Å². The highest BCUT2D eigenvalue weighted by Gasteiger charge is 2.55. The van der Waals surface area contributed by atoms with Gasteiger partial charge in [0.2, 0.25) is 0 Å². The zero-order chi connectivity index (χ0) is 14.0. The van der Waals surface area contributed by atoms with E-state index in [0.29, 0.717) is 0 Å². The quantitative estimate of drug-likeness (QED) is 0.707. The molecule has 0 aromatic heterocycles. The lowest BCUT2D eigenvalue weighted by Crippen LogP contribution is -2.64. The van der Waals surface area contributed by atoms with E-state index in [1.54, 1.807) is 0 Å². The molecule has 1 atom stereocenters. The van der Waals surface area contributed by atoms with Crippen LogP contribution >= 0.6 is 0 Å². The van der Waals surface area contributed by atoms with Crippen molar-refractivity contribution in [1.82, 2.24) is 4.90 Å². The molecular weight excluding hydrogens is 234 g/mol. The molecule has 104 valence electrons. The average Bonchev–Trinajstić information content (AvgIpc) is 2.43. The summed E-state index contributed by atoms with van der Waals surface area (Å²) in [7, 11) is 0. The van der Waals surface area contributed by atoms with Crippen LogP contribution in [0.5, 0.6) is 0 Å². The minimum absolute atomic E-state index is 0.0936. The highest BCUT2D eigenvalue weighted by Crippen LogP contribution is 2.29. The molecule has 2 heterocycles.